The van der Waals surface area contributed by atoms with Gasteiger partial charge >= 0.3 is 0 Å². The van der Waals surface area contributed by atoms with Crippen molar-refractivity contribution < 1.29 is 9.72 Å². The van der Waals surface area contributed by atoms with Crippen LogP contribution in [0.5, 0.6) is 0 Å². The van der Waals surface area contributed by atoms with Crippen molar-refractivity contribution in [3.05, 3.63) is 70.0 Å². The fourth-order valence-electron chi connectivity index (χ4n) is 1.70. The van der Waals surface area contributed by atoms with Crippen molar-refractivity contribution in [3.63, 3.8) is 0 Å². The van der Waals surface area contributed by atoms with E-state index in [1.165, 1.54) is 18.3 Å². The lowest BCUT2D eigenvalue weighted by molar-refractivity contribution is -0.384. The van der Waals surface area contributed by atoms with E-state index in [0.717, 1.165) is 5.56 Å². The SMILES string of the molecule is O=C(NCCc1ccc([N+](=O)[O-])cc1)c1cccnc1. The Morgan fingerprint density at radius 3 is 2.60 bits per heavy atom. The highest BCUT2D eigenvalue weighted by atomic mass is 16.6. The van der Waals surface area contributed by atoms with Crippen LogP contribution in [0.25, 0.3) is 0 Å². The molecule has 0 fully saturated rings. The first kappa shape index (κ1) is 13.7. The third-order valence-corrected chi connectivity index (χ3v) is 2.77. The Labute approximate surface area is 115 Å². The fourth-order valence-corrected chi connectivity index (χ4v) is 1.70. The smallest absolute Gasteiger partial charge is 0.269 e. The molecule has 0 aliphatic heterocycles. The van der Waals surface area contributed by atoms with Gasteiger partial charge in [0.25, 0.3) is 11.6 Å². The van der Waals surface area contributed by atoms with Crippen molar-refractivity contribution in [1.82, 2.24) is 10.3 Å². The zero-order chi connectivity index (χ0) is 14.4. The van der Waals surface area contributed by atoms with E-state index < -0.39 is 4.92 Å². The van der Waals surface area contributed by atoms with Gasteiger partial charge in [0.15, 0.2) is 0 Å². The molecule has 2 aromatic rings. The maximum Gasteiger partial charge on any atom is 0.269 e. The molecule has 0 saturated carbocycles. The van der Waals surface area contributed by atoms with Gasteiger partial charge < -0.3 is 5.32 Å². The average Bonchev–Trinajstić information content (AvgIpc) is 2.48. The molecule has 0 atom stereocenters. The second-order valence-corrected chi connectivity index (χ2v) is 4.17. The lowest BCUT2D eigenvalue weighted by Crippen LogP contribution is -2.25. The number of carbonyl (C=O) groups is 1. The summed E-state index contributed by atoms with van der Waals surface area (Å²) in [6.45, 7) is 0.464. The van der Waals surface area contributed by atoms with Gasteiger partial charge in [-0.3, -0.25) is 19.9 Å². The average molecular weight is 271 g/mol. The summed E-state index contributed by atoms with van der Waals surface area (Å²) >= 11 is 0. The highest BCUT2D eigenvalue weighted by molar-refractivity contribution is 5.93. The Morgan fingerprint density at radius 2 is 2.00 bits per heavy atom. The van der Waals surface area contributed by atoms with Crippen LogP contribution in [0.1, 0.15) is 15.9 Å². The van der Waals surface area contributed by atoms with Crippen LogP contribution >= 0.6 is 0 Å². The normalized spacial score (nSPS) is 10.0. The van der Waals surface area contributed by atoms with Gasteiger partial charge in [-0.05, 0) is 24.1 Å². The first-order valence-corrected chi connectivity index (χ1v) is 6.08. The minimum atomic E-state index is -0.437. The molecule has 0 unspecified atom stereocenters. The number of nitro benzene ring substituents is 1. The van der Waals surface area contributed by atoms with E-state index in [2.05, 4.69) is 10.3 Å². The third kappa shape index (κ3) is 3.61. The van der Waals surface area contributed by atoms with Gasteiger partial charge in [0.2, 0.25) is 0 Å². The van der Waals surface area contributed by atoms with Gasteiger partial charge in [0.1, 0.15) is 0 Å². The number of amides is 1. The summed E-state index contributed by atoms with van der Waals surface area (Å²) in [7, 11) is 0. The van der Waals surface area contributed by atoms with Crippen LogP contribution in [0.2, 0.25) is 0 Å². The number of hydrogen-bond donors (Lipinski definition) is 1. The van der Waals surface area contributed by atoms with Gasteiger partial charge in [-0.1, -0.05) is 12.1 Å². The highest BCUT2D eigenvalue weighted by Gasteiger charge is 2.06. The molecule has 0 saturated heterocycles. The van der Waals surface area contributed by atoms with Crippen LogP contribution in [-0.2, 0) is 6.42 Å². The fraction of sp³-hybridized carbons (Fsp3) is 0.143. The number of nitrogens with one attached hydrogen (secondary N) is 1. The number of pyridine rings is 1. The Hall–Kier alpha value is -2.76. The standard InChI is InChI=1S/C14H13N3O3/c18-14(12-2-1-8-15-10-12)16-9-7-11-3-5-13(6-4-11)17(19)20/h1-6,8,10H,7,9H2,(H,16,18). The summed E-state index contributed by atoms with van der Waals surface area (Å²) < 4.78 is 0. The molecule has 102 valence electrons. The topological polar surface area (TPSA) is 85.1 Å². The molecule has 0 aliphatic rings. The Bertz CT molecular complexity index is 597. The molecule has 0 spiro atoms. The Morgan fingerprint density at radius 1 is 1.25 bits per heavy atom. The maximum absolute atomic E-state index is 11.7. The van der Waals surface area contributed by atoms with E-state index in [1.54, 1.807) is 30.5 Å². The summed E-state index contributed by atoms with van der Waals surface area (Å²) in [6.07, 6.45) is 3.72. The van der Waals surface area contributed by atoms with E-state index in [1.807, 2.05) is 0 Å². The molecule has 6 nitrogen and oxygen atoms in total. The van der Waals surface area contributed by atoms with Gasteiger partial charge in [-0.25, -0.2) is 0 Å². The van der Waals surface area contributed by atoms with E-state index in [0.29, 0.717) is 18.5 Å². The number of non-ortho nitro benzene ring substituents is 1. The molecular weight excluding hydrogens is 258 g/mol. The number of benzene rings is 1. The molecule has 1 heterocycles. The molecule has 20 heavy (non-hydrogen) atoms. The summed E-state index contributed by atoms with van der Waals surface area (Å²) in [5, 5.41) is 13.3. The molecule has 0 aliphatic carbocycles. The van der Waals surface area contributed by atoms with Crippen molar-refractivity contribution >= 4 is 11.6 Å². The lowest BCUT2D eigenvalue weighted by Gasteiger charge is -2.05. The van der Waals surface area contributed by atoms with Crippen LogP contribution in [0, 0.1) is 10.1 Å². The van der Waals surface area contributed by atoms with Gasteiger partial charge in [0.05, 0.1) is 10.5 Å². The monoisotopic (exact) mass is 271 g/mol. The first-order chi connectivity index (χ1) is 9.66. The van der Waals surface area contributed by atoms with Gasteiger partial charge in [-0.2, -0.15) is 0 Å². The van der Waals surface area contributed by atoms with Crippen molar-refractivity contribution in [2.24, 2.45) is 0 Å². The maximum atomic E-state index is 11.7. The summed E-state index contributed by atoms with van der Waals surface area (Å²) in [4.78, 5) is 25.7. The summed E-state index contributed by atoms with van der Waals surface area (Å²) in [5.41, 5.74) is 1.51. The van der Waals surface area contributed by atoms with Crippen LogP contribution in [-0.4, -0.2) is 22.4 Å². The van der Waals surface area contributed by atoms with Crippen LogP contribution in [0.15, 0.2) is 48.8 Å². The van der Waals surface area contributed by atoms with Crippen LogP contribution in [0.4, 0.5) is 5.69 Å². The molecule has 1 aromatic carbocycles. The highest BCUT2D eigenvalue weighted by Crippen LogP contribution is 2.11. The Kier molecular flexibility index (Phi) is 4.39. The minimum Gasteiger partial charge on any atom is -0.352 e. The number of nitro groups is 1. The number of rotatable bonds is 5. The number of hydrogen-bond acceptors (Lipinski definition) is 4. The second-order valence-electron chi connectivity index (χ2n) is 4.17. The molecule has 1 aromatic heterocycles. The van der Waals surface area contributed by atoms with Crippen molar-refractivity contribution in [1.29, 1.82) is 0 Å². The zero-order valence-electron chi connectivity index (χ0n) is 10.7. The lowest BCUT2D eigenvalue weighted by atomic mass is 10.1. The number of carbonyl (C=O) groups excluding carboxylic acids is 1. The predicted molar refractivity (Wildman–Crippen MR) is 73.4 cm³/mol. The second kappa shape index (κ2) is 6.42. The molecule has 0 radical (unpaired) electrons. The largest absolute Gasteiger partial charge is 0.352 e. The third-order valence-electron chi connectivity index (χ3n) is 2.77. The van der Waals surface area contributed by atoms with Crippen LogP contribution < -0.4 is 5.32 Å². The van der Waals surface area contributed by atoms with E-state index >= 15 is 0 Å². The minimum absolute atomic E-state index is 0.0631. The molecule has 0 bridgehead atoms. The predicted octanol–water partition coefficient (Wildman–Crippen LogP) is 1.96. The van der Waals surface area contributed by atoms with Gasteiger partial charge in [0, 0.05) is 31.1 Å². The first-order valence-electron chi connectivity index (χ1n) is 6.08. The van der Waals surface area contributed by atoms with E-state index in [-0.39, 0.29) is 11.6 Å². The number of aromatic nitrogens is 1. The van der Waals surface area contributed by atoms with Crippen LogP contribution in [0.3, 0.4) is 0 Å². The molecule has 6 heteroatoms. The van der Waals surface area contributed by atoms with Gasteiger partial charge in [-0.15, -0.1) is 0 Å². The molecule has 1 amide bonds. The van der Waals surface area contributed by atoms with E-state index in [4.69, 9.17) is 0 Å². The van der Waals surface area contributed by atoms with Crippen molar-refractivity contribution in [2.45, 2.75) is 6.42 Å². The van der Waals surface area contributed by atoms with E-state index in [9.17, 15) is 14.9 Å². The Balaban J connectivity index is 1.84. The number of nitrogens with zero attached hydrogens (tertiary/aromatic N) is 2. The van der Waals surface area contributed by atoms with Crippen molar-refractivity contribution in [2.75, 3.05) is 6.54 Å². The van der Waals surface area contributed by atoms with Crippen molar-refractivity contribution in [3.8, 4) is 0 Å². The molecular formula is C14H13N3O3. The molecule has 1 N–H and O–H groups in total. The quantitative estimate of drug-likeness (QED) is 0.665. The molecule has 2 rings (SSSR count). The summed E-state index contributed by atoms with van der Waals surface area (Å²) in [5.74, 6) is -0.181. The zero-order valence-corrected chi connectivity index (χ0v) is 10.7. The summed E-state index contributed by atoms with van der Waals surface area (Å²) in [6, 6.07) is 9.68.